The fraction of sp³-hybridized carbons (Fsp3) is 0.111. The number of amides is 1. The lowest BCUT2D eigenvalue weighted by Crippen LogP contribution is -2.13. The summed E-state index contributed by atoms with van der Waals surface area (Å²) in [7, 11) is 1.58. The van der Waals surface area contributed by atoms with Gasteiger partial charge in [-0.25, -0.2) is 4.79 Å². The van der Waals surface area contributed by atoms with E-state index in [2.05, 4.69) is 5.32 Å². The molecule has 0 bridgehead atoms. The summed E-state index contributed by atoms with van der Waals surface area (Å²) in [6, 6.07) is 11.4. The molecule has 5 nitrogen and oxygen atoms in total. The molecule has 0 spiro atoms. The maximum Gasteiger partial charge on any atom is 0.335 e. The Labute approximate surface area is 144 Å². The topological polar surface area (TPSA) is 75.6 Å². The largest absolute Gasteiger partial charge is 0.497 e. The van der Waals surface area contributed by atoms with Gasteiger partial charge in [-0.2, -0.15) is 0 Å². The third-order valence-corrected chi connectivity index (χ3v) is 3.65. The molecule has 2 rings (SSSR count). The number of halogens is 1. The van der Waals surface area contributed by atoms with Crippen LogP contribution in [-0.4, -0.2) is 24.1 Å². The summed E-state index contributed by atoms with van der Waals surface area (Å²) in [5, 5.41) is 11.9. The summed E-state index contributed by atoms with van der Waals surface area (Å²) in [6.45, 7) is 1.66. The maximum atomic E-state index is 12.3. The van der Waals surface area contributed by atoms with Crippen molar-refractivity contribution in [2.45, 2.75) is 6.92 Å². The minimum Gasteiger partial charge on any atom is -0.497 e. The van der Waals surface area contributed by atoms with E-state index >= 15 is 0 Å². The number of anilines is 1. The van der Waals surface area contributed by atoms with Gasteiger partial charge < -0.3 is 15.2 Å². The van der Waals surface area contributed by atoms with Crippen LogP contribution in [0.4, 0.5) is 5.69 Å². The van der Waals surface area contributed by atoms with Crippen molar-refractivity contribution < 1.29 is 19.4 Å². The monoisotopic (exact) mass is 345 g/mol. The number of carboxylic acid groups (broad SMARTS) is 1. The molecule has 1 amide bonds. The van der Waals surface area contributed by atoms with Crippen molar-refractivity contribution in [3.8, 4) is 5.75 Å². The van der Waals surface area contributed by atoms with Crippen LogP contribution in [0.5, 0.6) is 5.75 Å². The highest BCUT2D eigenvalue weighted by atomic mass is 35.5. The van der Waals surface area contributed by atoms with E-state index in [1.807, 2.05) is 12.1 Å². The van der Waals surface area contributed by atoms with Crippen molar-refractivity contribution in [3.05, 3.63) is 64.2 Å². The van der Waals surface area contributed by atoms with E-state index in [4.69, 9.17) is 21.4 Å². The normalized spacial score (nSPS) is 11.0. The van der Waals surface area contributed by atoms with Crippen LogP contribution in [0, 0.1) is 0 Å². The first kappa shape index (κ1) is 17.6. The van der Waals surface area contributed by atoms with Crippen LogP contribution in [0.15, 0.2) is 48.0 Å². The van der Waals surface area contributed by atoms with Crippen LogP contribution in [0.3, 0.4) is 0 Å². The molecule has 0 unspecified atom stereocenters. The van der Waals surface area contributed by atoms with Gasteiger partial charge in [0, 0.05) is 5.57 Å². The van der Waals surface area contributed by atoms with E-state index in [9.17, 15) is 9.59 Å². The van der Waals surface area contributed by atoms with E-state index in [1.54, 1.807) is 32.2 Å². The summed E-state index contributed by atoms with van der Waals surface area (Å²) in [5.41, 5.74) is 1.60. The molecule has 0 radical (unpaired) electrons. The number of carbonyl (C=O) groups excluding carboxylic acids is 1. The van der Waals surface area contributed by atoms with Crippen molar-refractivity contribution in [2.75, 3.05) is 12.4 Å². The van der Waals surface area contributed by atoms with Gasteiger partial charge in [0.05, 0.1) is 23.4 Å². The number of hydrogen-bond donors (Lipinski definition) is 2. The summed E-state index contributed by atoms with van der Waals surface area (Å²) in [5.74, 6) is -0.727. The van der Waals surface area contributed by atoms with Crippen LogP contribution < -0.4 is 10.1 Å². The van der Waals surface area contributed by atoms with E-state index in [-0.39, 0.29) is 22.2 Å². The number of nitrogens with one attached hydrogen (secondary N) is 1. The second-order valence-electron chi connectivity index (χ2n) is 5.05. The number of rotatable bonds is 5. The molecule has 24 heavy (non-hydrogen) atoms. The van der Waals surface area contributed by atoms with Gasteiger partial charge in [-0.05, 0) is 48.9 Å². The molecule has 0 aromatic heterocycles. The summed E-state index contributed by atoms with van der Waals surface area (Å²) >= 11 is 6.00. The molecule has 2 aromatic rings. The van der Waals surface area contributed by atoms with Gasteiger partial charge in [-0.3, -0.25) is 4.79 Å². The van der Waals surface area contributed by atoms with Crippen molar-refractivity contribution in [2.24, 2.45) is 0 Å². The molecular formula is C18H16ClNO4. The Hall–Kier alpha value is -2.79. The van der Waals surface area contributed by atoms with Gasteiger partial charge in [0.1, 0.15) is 5.75 Å². The first-order valence-corrected chi connectivity index (χ1v) is 7.45. The van der Waals surface area contributed by atoms with Gasteiger partial charge in [-0.15, -0.1) is 0 Å². The van der Waals surface area contributed by atoms with Crippen molar-refractivity contribution in [1.82, 2.24) is 0 Å². The van der Waals surface area contributed by atoms with Crippen LogP contribution in [0.2, 0.25) is 5.02 Å². The molecular weight excluding hydrogens is 330 g/mol. The highest BCUT2D eigenvalue weighted by Gasteiger charge is 2.11. The lowest BCUT2D eigenvalue weighted by molar-refractivity contribution is -0.112. The molecule has 0 fully saturated rings. The van der Waals surface area contributed by atoms with Gasteiger partial charge in [0.2, 0.25) is 0 Å². The number of methoxy groups -OCH3 is 1. The van der Waals surface area contributed by atoms with Crippen LogP contribution in [0.25, 0.3) is 6.08 Å². The quantitative estimate of drug-likeness (QED) is 0.800. The minimum atomic E-state index is -1.09. The molecule has 0 saturated heterocycles. The third kappa shape index (κ3) is 4.36. The van der Waals surface area contributed by atoms with Crippen molar-refractivity contribution >= 4 is 35.2 Å². The van der Waals surface area contributed by atoms with Crippen LogP contribution in [0.1, 0.15) is 22.8 Å². The Balaban J connectivity index is 2.17. The number of benzene rings is 2. The molecule has 124 valence electrons. The van der Waals surface area contributed by atoms with Gasteiger partial charge in [-0.1, -0.05) is 23.7 Å². The smallest absolute Gasteiger partial charge is 0.335 e. The average molecular weight is 346 g/mol. The summed E-state index contributed by atoms with van der Waals surface area (Å²) in [4.78, 5) is 23.3. The number of aromatic carboxylic acids is 1. The van der Waals surface area contributed by atoms with Gasteiger partial charge in [0.15, 0.2) is 0 Å². The standard InChI is InChI=1S/C18H16ClNO4/c1-11(9-12-3-6-14(24-2)7-4-12)17(21)20-16-10-13(18(22)23)5-8-15(16)19/h3-10H,1-2H3,(H,20,21)(H,22,23)/b11-9+. The highest BCUT2D eigenvalue weighted by Crippen LogP contribution is 2.24. The predicted molar refractivity (Wildman–Crippen MR) is 93.7 cm³/mol. The number of ether oxygens (including phenoxy) is 1. The second-order valence-corrected chi connectivity index (χ2v) is 5.46. The maximum absolute atomic E-state index is 12.3. The zero-order chi connectivity index (χ0) is 17.7. The van der Waals surface area contributed by atoms with E-state index in [1.165, 1.54) is 18.2 Å². The average Bonchev–Trinajstić information content (AvgIpc) is 2.57. The molecule has 2 aromatic carbocycles. The number of hydrogen-bond acceptors (Lipinski definition) is 3. The molecule has 0 atom stereocenters. The SMILES string of the molecule is COc1ccc(/C=C(\C)C(=O)Nc2cc(C(=O)O)ccc2Cl)cc1. The number of carboxylic acids is 1. The number of carbonyl (C=O) groups is 2. The molecule has 0 aliphatic rings. The predicted octanol–water partition coefficient (Wildman–Crippen LogP) is 4.09. The molecule has 0 aliphatic heterocycles. The highest BCUT2D eigenvalue weighted by molar-refractivity contribution is 6.34. The molecule has 0 saturated carbocycles. The Morgan fingerprint density at radius 3 is 2.42 bits per heavy atom. The Morgan fingerprint density at radius 2 is 1.83 bits per heavy atom. The zero-order valence-corrected chi connectivity index (χ0v) is 13.9. The Kier molecular flexibility index (Phi) is 5.60. The van der Waals surface area contributed by atoms with Gasteiger partial charge in [0.25, 0.3) is 5.91 Å². The molecule has 2 N–H and O–H groups in total. The lowest BCUT2D eigenvalue weighted by atomic mass is 10.1. The minimum absolute atomic E-state index is 0.0477. The van der Waals surface area contributed by atoms with Gasteiger partial charge >= 0.3 is 5.97 Å². The third-order valence-electron chi connectivity index (χ3n) is 3.32. The fourth-order valence-corrected chi connectivity index (χ4v) is 2.16. The molecule has 0 heterocycles. The van der Waals surface area contributed by atoms with E-state index in [0.29, 0.717) is 5.57 Å². The van der Waals surface area contributed by atoms with Crippen LogP contribution in [-0.2, 0) is 4.79 Å². The molecule has 6 heteroatoms. The second kappa shape index (κ2) is 7.66. The van der Waals surface area contributed by atoms with E-state index < -0.39 is 5.97 Å². The zero-order valence-electron chi connectivity index (χ0n) is 13.2. The van der Waals surface area contributed by atoms with Crippen molar-refractivity contribution in [1.29, 1.82) is 0 Å². The summed E-state index contributed by atoms with van der Waals surface area (Å²) < 4.78 is 5.08. The van der Waals surface area contributed by atoms with Crippen LogP contribution >= 0.6 is 11.6 Å². The Bertz CT molecular complexity index is 797. The summed E-state index contributed by atoms with van der Waals surface area (Å²) in [6.07, 6.45) is 1.71. The first-order chi connectivity index (χ1) is 11.4. The fourth-order valence-electron chi connectivity index (χ4n) is 1.99. The van der Waals surface area contributed by atoms with Crippen molar-refractivity contribution in [3.63, 3.8) is 0 Å². The Morgan fingerprint density at radius 1 is 1.17 bits per heavy atom. The van der Waals surface area contributed by atoms with E-state index in [0.717, 1.165) is 11.3 Å². The lowest BCUT2D eigenvalue weighted by Gasteiger charge is -2.09. The first-order valence-electron chi connectivity index (χ1n) is 7.07. The molecule has 0 aliphatic carbocycles.